The number of nitrogens with zero attached hydrogens (tertiary/aromatic N) is 1. The van der Waals surface area contributed by atoms with Crippen LogP contribution >= 0.6 is 24.8 Å². The molecule has 1 aliphatic heterocycles. The molecule has 0 saturated carbocycles. The first-order valence-corrected chi connectivity index (χ1v) is 10.1. The normalized spacial score (nSPS) is 13.8. The van der Waals surface area contributed by atoms with Gasteiger partial charge in [0.25, 0.3) is 0 Å². The number of rotatable bonds is 10. The van der Waals surface area contributed by atoms with Gasteiger partial charge in [-0.25, -0.2) is 0 Å². The van der Waals surface area contributed by atoms with Crippen molar-refractivity contribution in [2.24, 2.45) is 0 Å². The number of hydrogen-bond acceptors (Lipinski definition) is 5. The summed E-state index contributed by atoms with van der Waals surface area (Å²) >= 11 is 0. The highest BCUT2D eigenvalue weighted by molar-refractivity contribution is 5.85. The fraction of sp³-hybridized carbons (Fsp3) is 0.478. The van der Waals surface area contributed by atoms with Crippen LogP contribution in [0.4, 0.5) is 0 Å². The van der Waals surface area contributed by atoms with E-state index >= 15 is 0 Å². The van der Waals surface area contributed by atoms with E-state index < -0.39 is 0 Å². The summed E-state index contributed by atoms with van der Waals surface area (Å²) in [4.78, 5) is 2.47. The van der Waals surface area contributed by atoms with E-state index in [0.29, 0.717) is 6.61 Å². The van der Waals surface area contributed by atoms with Gasteiger partial charge in [0.05, 0.1) is 20.3 Å². The summed E-state index contributed by atoms with van der Waals surface area (Å²) in [6.07, 6.45) is 1.15. The first-order valence-electron chi connectivity index (χ1n) is 10.1. The standard InChI is InChI=1S/C23H32N2O3.2ClH/c1-19-4-6-20(7-5-19)18-28-22-9-8-21(16-23(22)26-2)17-24-10-3-11-25-12-14-27-15-13-25;;/h4-9,16,24H,3,10-15,17-18H2,1-2H3;2*1H. The molecule has 0 spiro atoms. The van der Waals surface area contributed by atoms with Crippen LogP contribution in [-0.2, 0) is 17.9 Å². The molecule has 30 heavy (non-hydrogen) atoms. The number of nitrogens with one attached hydrogen (secondary N) is 1. The number of halogens is 2. The SMILES string of the molecule is COc1cc(CNCCCN2CCOCC2)ccc1OCc1ccc(C)cc1.Cl.Cl. The number of hydrogen-bond donors (Lipinski definition) is 1. The molecule has 1 aliphatic rings. The average Bonchev–Trinajstić information content (AvgIpc) is 2.74. The smallest absolute Gasteiger partial charge is 0.161 e. The molecule has 1 heterocycles. The van der Waals surface area contributed by atoms with Gasteiger partial charge in [-0.3, -0.25) is 4.90 Å². The third-order valence-electron chi connectivity index (χ3n) is 5.00. The average molecular weight is 457 g/mol. The van der Waals surface area contributed by atoms with Gasteiger partial charge in [0.15, 0.2) is 11.5 Å². The molecule has 1 saturated heterocycles. The van der Waals surface area contributed by atoms with Crippen LogP contribution in [0.15, 0.2) is 42.5 Å². The van der Waals surface area contributed by atoms with Gasteiger partial charge in [-0.1, -0.05) is 35.9 Å². The maximum atomic E-state index is 5.96. The molecule has 0 aliphatic carbocycles. The second kappa shape index (κ2) is 14.5. The van der Waals surface area contributed by atoms with E-state index in [1.165, 1.54) is 11.1 Å². The molecular weight excluding hydrogens is 423 g/mol. The van der Waals surface area contributed by atoms with Gasteiger partial charge in [0, 0.05) is 19.6 Å². The Morgan fingerprint density at radius 2 is 1.67 bits per heavy atom. The summed E-state index contributed by atoms with van der Waals surface area (Å²) in [7, 11) is 1.69. The number of aryl methyl sites for hydroxylation is 1. The maximum absolute atomic E-state index is 5.96. The molecule has 3 rings (SSSR count). The number of ether oxygens (including phenoxy) is 3. The van der Waals surface area contributed by atoms with Crippen LogP contribution in [0.1, 0.15) is 23.1 Å². The maximum Gasteiger partial charge on any atom is 0.161 e. The zero-order chi connectivity index (χ0) is 19.6. The second-order valence-electron chi connectivity index (χ2n) is 7.24. The third-order valence-corrected chi connectivity index (χ3v) is 5.00. The van der Waals surface area contributed by atoms with Crippen molar-refractivity contribution in [1.29, 1.82) is 0 Å². The molecule has 168 valence electrons. The fourth-order valence-electron chi connectivity index (χ4n) is 3.27. The van der Waals surface area contributed by atoms with Crippen LogP contribution < -0.4 is 14.8 Å². The third kappa shape index (κ3) is 8.70. The van der Waals surface area contributed by atoms with E-state index in [1.54, 1.807) is 7.11 Å². The molecule has 0 atom stereocenters. The second-order valence-corrected chi connectivity index (χ2v) is 7.24. The Hall–Kier alpha value is -1.50. The monoisotopic (exact) mass is 456 g/mol. The zero-order valence-corrected chi connectivity index (χ0v) is 19.5. The summed E-state index contributed by atoms with van der Waals surface area (Å²) in [5, 5.41) is 3.52. The minimum atomic E-state index is 0. The predicted octanol–water partition coefficient (Wildman–Crippen LogP) is 4.24. The molecule has 2 aromatic carbocycles. The highest BCUT2D eigenvalue weighted by Crippen LogP contribution is 2.28. The molecule has 0 aromatic heterocycles. The minimum Gasteiger partial charge on any atom is -0.493 e. The quantitative estimate of drug-likeness (QED) is 0.541. The lowest BCUT2D eigenvalue weighted by Crippen LogP contribution is -2.37. The molecule has 0 radical (unpaired) electrons. The Balaban J connectivity index is 0.00000225. The largest absolute Gasteiger partial charge is 0.493 e. The van der Waals surface area contributed by atoms with Crippen molar-refractivity contribution in [3.63, 3.8) is 0 Å². The Bertz CT molecular complexity index is 723. The van der Waals surface area contributed by atoms with Gasteiger partial charge < -0.3 is 19.5 Å². The summed E-state index contributed by atoms with van der Waals surface area (Å²) in [5.74, 6) is 1.55. The lowest BCUT2D eigenvalue weighted by Gasteiger charge is -2.26. The minimum absolute atomic E-state index is 0. The van der Waals surface area contributed by atoms with Crippen LogP contribution in [0, 0.1) is 6.92 Å². The van der Waals surface area contributed by atoms with E-state index in [-0.39, 0.29) is 24.8 Å². The number of methoxy groups -OCH3 is 1. The lowest BCUT2D eigenvalue weighted by molar-refractivity contribution is 0.0374. The molecule has 0 amide bonds. The van der Waals surface area contributed by atoms with Crippen molar-refractivity contribution in [1.82, 2.24) is 10.2 Å². The van der Waals surface area contributed by atoms with Crippen molar-refractivity contribution in [2.75, 3.05) is 46.5 Å². The van der Waals surface area contributed by atoms with Crippen LogP contribution in [0.5, 0.6) is 11.5 Å². The van der Waals surface area contributed by atoms with Gasteiger partial charge in [-0.15, -0.1) is 24.8 Å². The van der Waals surface area contributed by atoms with E-state index in [2.05, 4.69) is 53.5 Å². The fourth-order valence-corrected chi connectivity index (χ4v) is 3.27. The Labute approximate surface area is 192 Å². The first kappa shape index (κ1) is 26.5. The van der Waals surface area contributed by atoms with Gasteiger partial charge in [-0.2, -0.15) is 0 Å². The Morgan fingerprint density at radius 3 is 2.37 bits per heavy atom. The van der Waals surface area contributed by atoms with Gasteiger partial charge in [0.2, 0.25) is 0 Å². The van der Waals surface area contributed by atoms with E-state index in [0.717, 1.165) is 69.4 Å². The zero-order valence-electron chi connectivity index (χ0n) is 17.9. The number of benzene rings is 2. The van der Waals surface area contributed by atoms with Crippen molar-refractivity contribution < 1.29 is 14.2 Å². The first-order chi connectivity index (χ1) is 13.7. The molecule has 0 bridgehead atoms. The molecule has 1 fully saturated rings. The summed E-state index contributed by atoms with van der Waals surface area (Å²) in [6.45, 7) is 9.44. The Kier molecular flexibility index (Phi) is 12.8. The van der Waals surface area contributed by atoms with Crippen LogP contribution in [0.25, 0.3) is 0 Å². The summed E-state index contributed by atoms with van der Waals surface area (Å²) in [6, 6.07) is 14.5. The molecule has 5 nitrogen and oxygen atoms in total. The van der Waals surface area contributed by atoms with Crippen LogP contribution in [0.2, 0.25) is 0 Å². The highest BCUT2D eigenvalue weighted by atomic mass is 35.5. The van der Waals surface area contributed by atoms with Gasteiger partial charge in [-0.05, 0) is 49.7 Å². The van der Waals surface area contributed by atoms with Crippen molar-refractivity contribution in [3.8, 4) is 11.5 Å². The van der Waals surface area contributed by atoms with Crippen LogP contribution in [-0.4, -0.2) is 51.4 Å². The predicted molar refractivity (Wildman–Crippen MR) is 127 cm³/mol. The van der Waals surface area contributed by atoms with Crippen LogP contribution in [0.3, 0.4) is 0 Å². The van der Waals surface area contributed by atoms with Crippen molar-refractivity contribution in [3.05, 3.63) is 59.2 Å². The molecule has 0 unspecified atom stereocenters. The lowest BCUT2D eigenvalue weighted by atomic mass is 10.1. The molecule has 7 heteroatoms. The topological polar surface area (TPSA) is 43.0 Å². The van der Waals surface area contributed by atoms with E-state index in [4.69, 9.17) is 14.2 Å². The summed E-state index contributed by atoms with van der Waals surface area (Å²) < 4.78 is 16.9. The highest BCUT2D eigenvalue weighted by Gasteiger charge is 2.09. The van der Waals surface area contributed by atoms with Crippen molar-refractivity contribution >= 4 is 24.8 Å². The van der Waals surface area contributed by atoms with Crippen molar-refractivity contribution in [2.45, 2.75) is 26.5 Å². The molecule has 1 N–H and O–H groups in total. The van der Waals surface area contributed by atoms with E-state index in [9.17, 15) is 0 Å². The van der Waals surface area contributed by atoms with E-state index in [1.807, 2.05) is 6.07 Å². The number of morpholine rings is 1. The van der Waals surface area contributed by atoms with Gasteiger partial charge in [0.1, 0.15) is 6.61 Å². The molecule has 2 aromatic rings. The molecular formula is C23H34Cl2N2O3. The Morgan fingerprint density at radius 1 is 0.967 bits per heavy atom. The summed E-state index contributed by atoms with van der Waals surface area (Å²) in [5.41, 5.74) is 3.60. The van der Waals surface area contributed by atoms with Gasteiger partial charge >= 0.3 is 0 Å².